The Kier molecular flexibility index (Phi) is 4.31. The molecule has 1 amide bonds. The maximum Gasteiger partial charge on any atom is 0.221 e. The molecule has 2 N–H and O–H groups in total. The third-order valence-corrected chi connectivity index (χ3v) is 5.05. The Morgan fingerprint density at radius 2 is 2.44 bits per heavy atom. The number of hydrogen-bond donors (Lipinski definition) is 2. The summed E-state index contributed by atoms with van der Waals surface area (Å²) in [5.74, 6) is 0.0405. The van der Waals surface area contributed by atoms with Crippen LogP contribution in [0.15, 0.2) is 10.9 Å². The van der Waals surface area contributed by atoms with E-state index < -0.39 is 9.84 Å². The van der Waals surface area contributed by atoms with Crippen LogP contribution in [0.5, 0.6) is 0 Å². The first-order valence-corrected chi connectivity index (χ1v) is 8.39. The molecule has 2 rings (SSSR count). The van der Waals surface area contributed by atoms with Crippen LogP contribution in [-0.4, -0.2) is 43.4 Å². The van der Waals surface area contributed by atoms with Crippen LogP contribution in [-0.2, 0) is 21.2 Å². The maximum absolute atomic E-state index is 11.6. The molecule has 1 aromatic rings. The van der Waals surface area contributed by atoms with Crippen molar-refractivity contribution in [1.82, 2.24) is 15.6 Å². The van der Waals surface area contributed by atoms with Crippen molar-refractivity contribution in [2.75, 3.05) is 18.1 Å². The molecule has 0 spiro atoms. The van der Waals surface area contributed by atoms with Gasteiger partial charge in [-0.3, -0.25) is 4.79 Å². The summed E-state index contributed by atoms with van der Waals surface area (Å²) in [5.41, 5.74) is 2.52. The van der Waals surface area contributed by atoms with Gasteiger partial charge in [-0.15, -0.1) is 11.3 Å². The normalized spacial score (nSPS) is 22.6. The number of rotatable bonds is 4. The van der Waals surface area contributed by atoms with Gasteiger partial charge in [0.2, 0.25) is 5.91 Å². The Bertz CT molecular complexity index is 498. The lowest BCUT2D eigenvalue weighted by molar-refractivity contribution is -0.121. The third-order valence-electron chi connectivity index (χ3n) is 2.68. The number of hydrogen-bond acceptors (Lipinski definition) is 6. The lowest BCUT2D eigenvalue weighted by Crippen LogP contribution is -2.47. The van der Waals surface area contributed by atoms with E-state index in [1.165, 1.54) is 11.3 Å². The molecule has 6 nitrogen and oxygen atoms in total. The fourth-order valence-corrected chi connectivity index (χ4v) is 3.81. The number of carbonyl (C=O) groups is 1. The average Bonchev–Trinajstić information content (AvgIpc) is 2.77. The number of carbonyl (C=O) groups excluding carboxylic acids is 1. The zero-order valence-electron chi connectivity index (χ0n) is 9.76. The first-order valence-electron chi connectivity index (χ1n) is 5.63. The molecule has 0 bridgehead atoms. The predicted molar refractivity (Wildman–Crippen MR) is 69.0 cm³/mol. The highest BCUT2D eigenvalue weighted by Gasteiger charge is 2.25. The molecule has 100 valence electrons. The van der Waals surface area contributed by atoms with Gasteiger partial charge in [-0.2, -0.15) is 0 Å². The first-order chi connectivity index (χ1) is 8.55. The molecule has 1 aromatic heterocycles. The van der Waals surface area contributed by atoms with Crippen LogP contribution >= 0.6 is 11.3 Å². The zero-order valence-corrected chi connectivity index (χ0v) is 11.4. The molecule has 0 saturated carbocycles. The van der Waals surface area contributed by atoms with Gasteiger partial charge < -0.3 is 10.6 Å². The van der Waals surface area contributed by atoms with Crippen molar-refractivity contribution >= 4 is 27.1 Å². The lowest BCUT2D eigenvalue weighted by atomic mass is 10.2. The summed E-state index contributed by atoms with van der Waals surface area (Å²) in [4.78, 5) is 15.7. The summed E-state index contributed by atoms with van der Waals surface area (Å²) in [7, 11) is -2.99. The van der Waals surface area contributed by atoms with Crippen molar-refractivity contribution in [1.29, 1.82) is 0 Å². The molecule has 1 atom stereocenters. The highest BCUT2D eigenvalue weighted by Crippen LogP contribution is 2.05. The second-order valence-corrected chi connectivity index (χ2v) is 7.17. The van der Waals surface area contributed by atoms with Gasteiger partial charge in [0.1, 0.15) is 0 Å². The van der Waals surface area contributed by atoms with Gasteiger partial charge in [0.05, 0.1) is 29.3 Å². The Labute approximate surface area is 110 Å². The summed E-state index contributed by atoms with van der Waals surface area (Å²) in [6, 6.07) is -0.279. The van der Waals surface area contributed by atoms with Gasteiger partial charge in [0, 0.05) is 24.4 Å². The van der Waals surface area contributed by atoms with Crippen molar-refractivity contribution in [3.8, 4) is 0 Å². The van der Waals surface area contributed by atoms with Crippen molar-refractivity contribution in [2.24, 2.45) is 0 Å². The van der Waals surface area contributed by atoms with E-state index in [4.69, 9.17) is 0 Å². The zero-order chi connectivity index (χ0) is 13.0. The topological polar surface area (TPSA) is 88.2 Å². The van der Waals surface area contributed by atoms with E-state index in [1.807, 2.05) is 5.38 Å². The number of aromatic nitrogens is 1. The van der Waals surface area contributed by atoms with Crippen LogP contribution in [0.3, 0.4) is 0 Å². The standard InChI is InChI=1S/C10H15N3O3S2/c14-10(12-4-9-5-17-7-13-9)3-8-6-18(15,16)2-1-11-8/h5,7-8,11H,1-4,6H2,(H,12,14). The molecule has 1 saturated heterocycles. The van der Waals surface area contributed by atoms with E-state index in [1.54, 1.807) is 5.51 Å². The van der Waals surface area contributed by atoms with Crippen molar-refractivity contribution in [2.45, 2.75) is 19.0 Å². The van der Waals surface area contributed by atoms with E-state index in [2.05, 4.69) is 15.6 Å². The molecule has 0 aliphatic carbocycles. The molecular weight excluding hydrogens is 274 g/mol. The number of nitrogens with one attached hydrogen (secondary N) is 2. The summed E-state index contributed by atoms with van der Waals surface area (Å²) in [5, 5.41) is 7.64. The summed E-state index contributed by atoms with van der Waals surface area (Å²) in [6.07, 6.45) is 0.184. The van der Waals surface area contributed by atoms with Crippen LogP contribution in [0.25, 0.3) is 0 Å². The number of amides is 1. The monoisotopic (exact) mass is 289 g/mol. The quantitative estimate of drug-likeness (QED) is 0.783. The highest BCUT2D eigenvalue weighted by molar-refractivity contribution is 7.91. The largest absolute Gasteiger partial charge is 0.350 e. The average molecular weight is 289 g/mol. The molecule has 1 aliphatic heterocycles. The van der Waals surface area contributed by atoms with Crippen LogP contribution in [0.1, 0.15) is 12.1 Å². The third kappa shape index (κ3) is 4.04. The molecular formula is C10H15N3O3S2. The Morgan fingerprint density at radius 1 is 1.61 bits per heavy atom. The van der Waals surface area contributed by atoms with Crippen LogP contribution in [0.4, 0.5) is 0 Å². The van der Waals surface area contributed by atoms with Gasteiger partial charge in [0.15, 0.2) is 9.84 Å². The van der Waals surface area contributed by atoms with Gasteiger partial charge in [-0.05, 0) is 0 Å². The molecule has 18 heavy (non-hydrogen) atoms. The lowest BCUT2D eigenvalue weighted by Gasteiger charge is -2.22. The first kappa shape index (κ1) is 13.4. The van der Waals surface area contributed by atoms with Gasteiger partial charge in [-0.1, -0.05) is 0 Å². The summed E-state index contributed by atoms with van der Waals surface area (Å²) < 4.78 is 22.8. The van der Waals surface area contributed by atoms with Gasteiger partial charge in [-0.25, -0.2) is 13.4 Å². The second kappa shape index (κ2) is 5.77. The van der Waals surface area contributed by atoms with E-state index in [9.17, 15) is 13.2 Å². The number of sulfone groups is 1. The molecule has 1 aliphatic rings. The molecule has 1 unspecified atom stereocenters. The second-order valence-electron chi connectivity index (χ2n) is 4.23. The van der Waals surface area contributed by atoms with Gasteiger partial charge >= 0.3 is 0 Å². The molecule has 8 heteroatoms. The van der Waals surface area contributed by atoms with Crippen LogP contribution in [0, 0.1) is 0 Å². The van der Waals surface area contributed by atoms with Gasteiger partial charge in [0.25, 0.3) is 0 Å². The minimum atomic E-state index is -2.99. The summed E-state index contributed by atoms with van der Waals surface area (Å²) >= 11 is 1.47. The smallest absolute Gasteiger partial charge is 0.221 e. The fraction of sp³-hybridized carbons (Fsp3) is 0.600. The number of thiazole rings is 1. The highest BCUT2D eigenvalue weighted by atomic mass is 32.2. The van der Waals surface area contributed by atoms with Crippen LogP contribution < -0.4 is 10.6 Å². The molecule has 0 aromatic carbocycles. The van der Waals surface area contributed by atoms with E-state index >= 15 is 0 Å². The number of nitrogens with zero attached hydrogens (tertiary/aromatic N) is 1. The Balaban J connectivity index is 1.77. The SMILES string of the molecule is O=C(CC1CS(=O)(=O)CCN1)NCc1cscn1. The molecule has 1 fully saturated rings. The van der Waals surface area contributed by atoms with E-state index in [0.717, 1.165) is 5.69 Å². The van der Waals surface area contributed by atoms with Crippen molar-refractivity contribution in [3.05, 3.63) is 16.6 Å². The maximum atomic E-state index is 11.6. The summed E-state index contributed by atoms with van der Waals surface area (Å²) in [6.45, 7) is 0.814. The van der Waals surface area contributed by atoms with Crippen LogP contribution in [0.2, 0.25) is 0 Å². The minimum absolute atomic E-state index is 0.0388. The Hall–Kier alpha value is -0.990. The molecule has 0 radical (unpaired) electrons. The predicted octanol–water partition coefficient (Wildman–Crippen LogP) is -0.464. The van der Waals surface area contributed by atoms with E-state index in [-0.39, 0.29) is 29.9 Å². The van der Waals surface area contributed by atoms with Crippen molar-refractivity contribution in [3.63, 3.8) is 0 Å². The van der Waals surface area contributed by atoms with E-state index in [0.29, 0.717) is 13.1 Å². The fourth-order valence-electron chi connectivity index (χ4n) is 1.81. The molecule has 2 heterocycles. The van der Waals surface area contributed by atoms with Crippen molar-refractivity contribution < 1.29 is 13.2 Å². The minimum Gasteiger partial charge on any atom is -0.350 e. The Morgan fingerprint density at radius 3 is 3.11 bits per heavy atom.